The van der Waals surface area contributed by atoms with Crippen molar-refractivity contribution in [1.82, 2.24) is 5.32 Å². The summed E-state index contributed by atoms with van der Waals surface area (Å²) in [6, 6.07) is 11.2. The molecule has 6 heteroatoms. The summed E-state index contributed by atoms with van der Waals surface area (Å²) in [6.07, 6.45) is 1.77. The van der Waals surface area contributed by atoms with Crippen LogP contribution in [0.2, 0.25) is 10.0 Å². The molecule has 0 amide bonds. The topological polar surface area (TPSA) is 50.7 Å². The van der Waals surface area contributed by atoms with Crippen molar-refractivity contribution in [2.24, 2.45) is 0 Å². The first-order valence-electron chi connectivity index (χ1n) is 8.19. The predicted molar refractivity (Wildman–Crippen MR) is 102 cm³/mol. The van der Waals surface area contributed by atoms with E-state index in [-0.39, 0.29) is 6.61 Å². The lowest BCUT2D eigenvalue weighted by atomic mass is 10.2. The van der Waals surface area contributed by atoms with Crippen molar-refractivity contribution in [2.75, 3.05) is 20.3 Å². The standard InChI is InChI=1S/C19H23Cl2NO3/c1-24-19-10-14(12-22-8-2-3-9-23)4-7-18(19)25-13-15-5-6-16(20)11-17(15)21/h4-7,10-11,22-23H,2-3,8-9,12-13H2,1H3. The maximum absolute atomic E-state index is 8.77. The lowest BCUT2D eigenvalue weighted by molar-refractivity contribution is 0.283. The van der Waals surface area contributed by atoms with E-state index in [1.807, 2.05) is 24.3 Å². The van der Waals surface area contributed by atoms with Crippen molar-refractivity contribution in [3.8, 4) is 11.5 Å². The maximum Gasteiger partial charge on any atom is 0.161 e. The van der Waals surface area contributed by atoms with Gasteiger partial charge in [0, 0.05) is 28.8 Å². The summed E-state index contributed by atoms with van der Waals surface area (Å²) in [7, 11) is 1.62. The molecule has 25 heavy (non-hydrogen) atoms. The van der Waals surface area contributed by atoms with E-state index in [9.17, 15) is 0 Å². The second-order valence-electron chi connectivity index (χ2n) is 5.62. The van der Waals surface area contributed by atoms with Gasteiger partial charge in [0.25, 0.3) is 0 Å². The Morgan fingerprint density at radius 2 is 1.88 bits per heavy atom. The zero-order valence-electron chi connectivity index (χ0n) is 14.2. The molecule has 0 unspecified atom stereocenters. The number of methoxy groups -OCH3 is 1. The zero-order valence-corrected chi connectivity index (χ0v) is 15.7. The Bertz CT molecular complexity index is 680. The molecule has 0 atom stereocenters. The van der Waals surface area contributed by atoms with Gasteiger partial charge in [0.15, 0.2) is 11.5 Å². The van der Waals surface area contributed by atoms with Gasteiger partial charge in [-0.1, -0.05) is 35.3 Å². The SMILES string of the molecule is COc1cc(CNCCCCO)ccc1OCc1ccc(Cl)cc1Cl. The highest BCUT2D eigenvalue weighted by Crippen LogP contribution is 2.30. The first kappa shape index (κ1) is 19.9. The van der Waals surface area contributed by atoms with E-state index < -0.39 is 0 Å². The number of hydrogen-bond acceptors (Lipinski definition) is 4. The summed E-state index contributed by atoms with van der Waals surface area (Å²) in [4.78, 5) is 0. The molecule has 0 aliphatic rings. The Kier molecular flexibility index (Phi) is 8.35. The summed E-state index contributed by atoms with van der Waals surface area (Å²) in [6.45, 7) is 2.19. The molecule has 2 N–H and O–H groups in total. The van der Waals surface area contributed by atoms with E-state index in [0.29, 0.717) is 28.2 Å². The number of aliphatic hydroxyl groups excluding tert-OH is 1. The fourth-order valence-electron chi connectivity index (χ4n) is 2.33. The molecule has 2 rings (SSSR count). The average molecular weight is 384 g/mol. The lowest BCUT2D eigenvalue weighted by Crippen LogP contribution is -2.15. The van der Waals surface area contributed by atoms with Crippen LogP contribution >= 0.6 is 23.2 Å². The van der Waals surface area contributed by atoms with E-state index in [2.05, 4.69) is 5.32 Å². The summed E-state index contributed by atoms with van der Waals surface area (Å²) in [5.74, 6) is 1.34. The molecule has 136 valence electrons. The molecule has 0 saturated carbocycles. The molecule has 0 bridgehead atoms. The first-order chi connectivity index (χ1) is 12.1. The molecule has 0 spiro atoms. The maximum atomic E-state index is 8.77. The number of nitrogens with one attached hydrogen (secondary N) is 1. The van der Waals surface area contributed by atoms with Crippen molar-refractivity contribution in [1.29, 1.82) is 0 Å². The smallest absolute Gasteiger partial charge is 0.161 e. The molecular formula is C19H23Cl2NO3. The summed E-state index contributed by atoms with van der Waals surface area (Å²) < 4.78 is 11.3. The second kappa shape index (κ2) is 10.5. The number of hydrogen-bond donors (Lipinski definition) is 2. The van der Waals surface area contributed by atoms with E-state index in [4.69, 9.17) is 37.8 Å². The van der Waals surface area contributed by atoms with Gasteiger partial charge in [-0.2, -0.15) is 0 Å². The fraction of sp³-hybridized carbons (Fsp3) is 0.368. The average Bonchev–Trinajstić information content (AvgIpc) is 2.61. The highest BCUT2D eigenvalue weighted by molar-refractivity contribution is 6.35. The lowest BCUT2D eigenvalue weighted by Gasteiger charge is -2.13. The van der Waals surface area contributed by atoms with Gasteiger partial charge in [0.05, 0.1) is 7.11 Å². The van der Waals surface area contributed by atoms with Crippen molar-refractivity contribution < 1.29 is 14.6 Å². The van der Waals surface area contributed by atoms with Gasteiger partial charge >= 0.3 is 0 Å². The second-order valence-corrected chi connectivity index (χ2v) is 6.46. The van der Waals surface area contributed by atoms with E-state index >= 15 is 0 Å². The molecule has 0 aromatic heterocycles. The summed E-state index contributed by atoms with van der Waals surface area (Å²) >= 11 is 12.1. The number of unbranched alkanes of at least 4 members (excludes halogenated alkanes) is 1. The Morgan fingerprint density at radius 1 is 1.04 bits per heavy atom. The van der Waals surface area contributed by atoms with Crippen molar-refractivity contribution in [3.05, 3.63) is 57.6 Å². The van der Waals surface area contributed by atoms with E-state index in [1.165, 1.54) is 0 Å². The van der Waals surface area contributed by atoms with Crippen LogP contribution in [0.3, 0.4) is 0 Å². The predicted octanol–water partition coefficient (Wildman–Crippen LogP) is 4.44. The minimum Gasteiger partial charge on any atom is -0.493 e. The summed E-state index contributed by atoms with van der Waals surface area (Å²) in [5.41, 5.74) is 1.97. The van der Waals surface area contributed by atoms with Crippen LogP contribution in [0, 0.1) is 0 Å². The Morgan fingerprint density at radius 3 is 2.60 bits per heavy atom. The van der Waals surface area contributed by atoms with E-state index in [1.54, 1.807) is 19.2 Å². The van der Waals surface area contributed by atoms with Gasteiger partial charge in [-0.15, -0.1) is 0 Å². The highest BCUT2D eigenvalue weighted by atomic mass is 35.5. The van der Waals surface area contributed by atoms with Gasteiger partial charge < -0.3 is 19.9 Å². The molecule has 0 saturated heterocycles. The largest absolute Gasteiger partial charge is 0.493 e. The number of halogens is 2. The van der Waals surface area contributed by atoms with Crippen LogP contribution in [0.1, 0.15) is 24.0 Å². The fourth-order valence-corrected chi connectivity index (χ4v) is 2.79. The number of aliphatic hydroxyl groups is 1. The van der Waals surface area contributed by atoms with Crippen LogP contribution in [-0.2, 0) is 13.2 Å². The third-order valence-electron chi connectivity index (χ3n) is 3.72. The molecule has 0 aliphatic heterocycles. The molecule has 0 fully saturated rings. The minimum absolute atomic E-state index is 0.235. The zero-order chi connectivity index (χ0) is 18.1. The molecule has 2 aromatic carbocycles. The van der Waals surface area contributed by atoms with Crippen molar-refractivity contribution in [3.63, 3.8) is 0 Å². The van der Waals surface area contributed by atoms with Gasteiger partial charge in [-0.05, 0) is 49.2 Å². The molecule has 0 heterocycles. The van der Waals surface area contributed by atoms with Crippen molar-refractivity contribution >= 4 is 23.2 Å². The van der Waals surface area contributed by atoms with Crippen LogP contribution in [0.25, 0.3) is 0 Å². The minimum atomic E-state index is 0.235. The van der Waals surface area contributed by atoms with Gasteiger partial charge in [-0.3, -0.25) is 0 Å². The Balaban J connectivity index is 1.94. The normalized spacial score (nSPS) is 10.7. The van der Waals surface area contributed by atoms with Gasteiger partial charge in [0.2, 0.25) is 0 Å². The van der Waals surface area contributed by atoms with Crippen LogP contribution in [-0.4, -0.2) is 25.4 Å². The molecule has 0 radical (unpaired) electrons. The number of benzene rings is 2. The quantitative estimate of drug-likeness (QED) is 0.595. The third kappa shape index (κ3) is 6.40. The van der Waals surface area contributed by atoms with Crippen LogP contribution in [0.15, 0.2) is 36.4 Å². The third-order valence-corrected chi connectivity index (χ3v) is 4.30. The first-order valence-corrected chi connectivity index (χ1v) is 8.95. The van der Waals surface area contributed by atoms with Crippen LogP contribution in [0.4, 0.5) is 0 Å². The van der Waals surface area contributed by atoms with Crippen LogP contribution in [0.5, 0.6) is 11.5 Å². The monoisotopic (exact) mass is 383 g/mol. The van der Waals surface area contributed by atoms with Crippen molar-refractivity contribution in [2.45, 2.75) is 26.0 Å². The number of rotatable bonds is 10. The number of ether oxygens (including phenoxy) is 2. The Labute approximate surface area is 158 Å². The van der Waals surface area contributed by atoms with Crippen LogP contribution < -0.4 is 14.8 Å². The highest BCUT2D eigenvalue weighted by Gasteiger charge is 2.08. The molecule has 2 aromatic rings. The Hall–Kier alpha value is -1.46. The summed E-state index contributed by atoms with van der Waals surface area (Å²) in [5, 5.41) is 13.3. The molecule has 4 nitrogen and oxygen atoms in total. The van der Waals surface area contributed by atoms with Gasteiger partial charge in [0.1, 0.15) is 6.61 Å². The van der Waals surface area contributed by atoms with E-state index in [0.717, 1.165) is 37.1 Å². The molecular weight excluding hydrogens is 361 g/mol. The van der Waals surface area contributed by atoms with Gasteiger partial charge in [-0.25, -0.2) is 0 Å². The molecule has 0 aliphatic carbocycles.